The molecule has 3 rings (SSSR count). The quantitative estimate of drug-likeness (QED) is 0.760. The smallest absolute Gasteiger partial charge is 0.179 e. The van der Waals surface area contributed by atoms with Crippen molar-refractivity contribution in [1.82, 2.24) is 15.8 Å². The Morgan fingerprint density at radius 2 is 2.04 bits per heavy atom. The SMILES string of the molecule is Clc1ccc(C2=CSC(=NCCCN3CCOCC3)NN2)c(Cl)c1. The van der Waals surface area contributed by atoms with Crippen LogP contribution < -0.4 is 10.9 Å². The van der Waals surface area contributed by atoms with E-state index in [1.165, 1.54) is 0 Å². The summed E-state index contributed by atoms with van der Waals surface area (Å²) < 4.78 is 5.35. The van der Waals surface area contributed by atoms with Gasteiger partial charge in [-0.2, -0.15) is 0 Å². The van der Waals surface area contributed by atoms with Crippen LogP contribution in [0, 0.1) is 0 Å². The van der Waals surface area contributed by atoms with Crippen molar-refractivity contribution >= 4 is 45.8 Å². The predicted molar refractivity (Wildman–Crippen MR) is 102 cm³/mol. The summed E-state index contributed by atoms with van der Waals surface area (Å²) >= 11 is 13.7. The number of hydrazine groups is 1. The first kappa shape index (κ1) is 17.9. The highest BCUT2D eigenvalue weighted by molar-refractivity contribution is 8.16. The molecule has 0 unspecified atom stereocenters. The van der Waals surface area contributed by atoms with Gasteiger partial charge in [-0.05, 0) is 24.6 Å². The van der Waals surface area contributed by atoms with E-state index in [-0.39, 0.29) is 0 Å². The second kappa shape index (κ2) is 8.97. The maximum absolute atomic E-state index is 6.23. The van der Waals surface area contributed by atoms with Crippen molar-refractivity contribution in [3.8, 4) is 0 Å². The lowest BCUT2D eigenvalue weighted by atomic mass is 10.2. The van der Waals surface area contributed by atoms with Crippen molar-refractivity contribution in [2.24, 2.45) is 4.99 Å². The van der Waals surface area contributed by atoms with Gasteiger partial charge in [0.15, 0.2) is 5.17 Å². The number of ether oxygens (including phenoxy) is 1. The monoisotopic (exact) mass is 386 g/mol. The van der Waals surface area contributed by atoms with E-state index in [1.54, 1.807) is 17.8 Å². The van der Waals surface area contributed by atoms with Crippen LogP contribution in [0.2, 0.25) is 10.0 Å². The van der Waals surface area contributed by atoms with Crippen molar-refractivity contribution in [1.29, 1.82) is 0 Å². The zero-order chi connectivity index (χ0) is 16.8. The zero-order valence-electron chi connectivity index (χ0n) is 13.2. The van der Waals surface area contributed by atoms with Crippen LogP contribution in [0.15, 0.2) is 28.6 Å². The molecule has 0 atom stereocenters. The van der Waals surface area contributed by atoms with Crippen LogP contribution in [0.4, 0.5) is 0 Å². The van der Waals surface area contributed by atoms with Gasteiger partial charge in [-0.15, -0.1) is 0 Å². The maximum Gasteiger partial charge on any atom is 0.179 e. The Bertz CT molecular complexity index is 633. The molecule has 2 aliphatic rings. The summed E-state index contributed by atoms with van der Waals surface area (Å²) in [5.41, 5.74) is 8.08. The van der Waals surface area contributed by atoms with Gasteiger partial charge in [0.05, 0.1) is 23.9 Å². The van der Waals surface area contributed by atoms with Gasteiger partial charge in [0.25, 0.3) is 0 Å². The Kier molecular flexibility index (Phi) is 6.68. The van der Waals surface area contributed by atoms with Crippen LogP contribution in [0.25, 0.3) is 5.70 Å². The molecule has 1 aromatic carbocycles. The second-order valence-electron chi connectivity index (χ2n) is 5.52. The molecule has 0 bridgehead atoms. The van der Waals surface area contributed by atoms with Gasteiger partial charge in [-0.1, -0.05) is 35.0 Å². The Labute approximate surface area is 156 Å². The molecule has 8 heteroatoms. The van der Waals surface area contributed by atoms with Gasteiger partial charge in [-0.3, -0.25) is 20.7 Å². The second-order valence-corrected chi connectivity index (χ2v) is 7.22. The predicted octanol–water partition coefficient (Wildman–Crippen LogP) is 3.21. The van der Waals surface area contributed by atoms with Gasteiger partial charge < -0.3 is 4.74 Å². The van der Waals surface area contributed by atoms with Crippen molar-refractivity contribution in [3.05, 3.63) is 39.2 Å². The van der Waals surface area contributed by atoms with Crippen molar-refractivity contribution < 1.29 is 4.74 Å². The molecule has 2 aliphatic heterocycles. The van der Waals surface area contributed by atoms with Crippen molar-refractivity contribution in [2.75, 3.05) is 39.4 Å². The Morgan fingerprint density at radius 1 is 1.21 bits per heavy atom. The number of morpholine rings is 1. The third-order valence-electron chi connectivity index (χ3n) is 3.81. The molecule has 0 aliphatic carbocycles. The van der Waals surface area contributed by atoms with E-state index in [0.717, 1.165) is 62.2 Å². The van der Waals surface area contributed by atoms with Crippen molar-refractivity contribution in [2.45, 2.75) is 6.42 Å². The Hall–Kier alpha value is -0.920. The number of nitrogens with one attached hydrogen (secondary N) is 2. The molecule has 2 heterocycles. The molecule has 130 valence electrons. The van der Waals surface area contributed by atoms with Gasteiger partial charge in [0.1, 0.15) is 0 Å². The molecule has 1 aromatic rings. The molecule has 0 radical (unpaired) electrons. The number of rotatable bonds is 5. The summed E-state index contributed by atoms with van der Waals surface area (Å²) in [6.07, 6.45) is 1.05. The summed E-state index contributed by atoms with van der Waals surface area (Å²) in [5.74, 6) is 0. The number of halogens is 2. The lowest BCUT2D eigenvalue weighted by Crippen LogP contribution is -2.38. The molecular weight excluding hydrogens is 367 g/mol. The van der Waals surface area contributed by atoms with Gasteiger partial charge >= 0.3 is 0 Å². The van der Waals surface area contributed by atoms with Gasteiger partial charge in [0.2, 0.25) is 0 Å². The van der Waals surface area contributed by atoms with Crippen molar-refractivity contribution in [3.63, 3.8) is 0 Å². The summed E-state index contributed by atoms with van der Waals surface area (Å²) in [6.45, 7) is 5.62. The topological polar surface area (TPSA) is 48.9 Å². The molecule has 24 heavy (non-hydrogen) atoms. The maximum atomic E-state index is 6.23. The van der Waals surface area contributed by atoms with Crippen LogP contribution in [-0.2, 0) is 4.74 Å². The fourth-order valence-corrected chi connectivity index (χ4v) is 3.71. The van der Waals surface area contributed by atoms with E-state index >= 15 is 0 Å². The van der Waals surface area contributed by atoms with E-state index < -0.39 is 0 Å². The molecule has 1 fully saturated rings. The molecular formula is C16H20Cl2N4OS. The minimum absolute atomic E-state index is 0.620. The zero-order valence-corrected chi connectivity index (χ0v) is 15.6. The highest BCUT2D eigenvalue weighted by Crippen LogP contribution is 2.28. The fourth-order valence-electron chi connectivity index (χ4n) is 2.51. The summed E-state index contributed by atoms with van der Waals surface area (Å²) in [7, 11) is 0. The number of aliphatic imine (C=N–C) groups is 1. The molecule has 0 aromatic heterocycles. The highest BCUT2D eigenvalue weighted by Gasteiger charge is 2.13. The summed E-state index contributed by atoms with van der Waals surface area (Å²) in [5, 5.41) is 4.12. The number of hydrogen-bond donors (Lipinski definition) is 2. The van der Waals surface area contributed by atoms with Crippen LogP contribution in [-0.4, -0.2) is 49.5 Å². The molecule has 2 N–H and O–H groups in total. The summed E-state index contributed by atoms with van der Waals surface area (Å²) in [4.78, 5) is 7.00. The van der Waals surface area contributed by atoms with E-state index in [4.69, 9.17) is 27.9 Å². The first-order valence-electron chi connectivity index (χ1n) is 7.91. The third kappa shape index (κ3) is 5.04. The Balaban J connectivity index is 1.47. The van der Waals surface area contributed by atoms with Gasteiger partial charge in [0, 0.05) is 42.2 Å². The highest BCUT2D eigenvalue weighted by atomic mass is 35.5. The molecule has 0 amide bonds. The number of nitrogens with zero attached hydrogens (tertiary/aromatic N) is 2. The van der Waals surface area contributed by atoms with E-state index in [1.807, 2.05) is 17.5 Å². The first-order chi connectivity index (χ1) is 11.7. The lowest BCUT2D eigenvalue weighted by Gasteiger charge is -2.26. The van der Waals surface area contributed by atoms with E-state index in [0.29, 0.717) is 10.0 Å². The van der Waals surface area contributed by atoms with E-state index in [2.05, 4.69) is 20.7 Å². The van der Waals surface area contributed by atoms with Gasteiger partial charge in [-0.25, -0.2) is 0 Å². The molecule has 0 saturated carbocycles. The number of amidine groups is 1. The number of thioether (sulfide) groups is 1. The summed E-state index contributed by atoms with van der Waals surface area (Å²) in [6, 6.07) is 5.46. The van der Waals surface area contributed by atoms with Crippen LogP contribution >= 0.6 is 35.0 Å². The molecule has 5 nitrogen and oxygen atoms in total. The Morgan fingerprint density at radius 3 is 2.75 bits per heavy atom. The number of hydrogen-bond acceptors (Lipinski definition) is 5. The molecule has 0 spiro atoms. The first-order valence-corrected chi connectivity index (χ1v) is 9.55. The lowest BCUT2D eigenvalue weighted by molar-refractivity contribution is 0.0377. The normalized spacial score (nSPS) is 20.4. The largest absolute Gasteiger partial charge is 0.379 e. The standard InChI is InChI=1S/C16H20Cl2N4OS/c17-12-2-3-13(14(18)10-12)15-11-24-16(21-20-15)19-4-1-5-22-6-8-23-9-7-22/h2-3,10-11,20H,1,4-9H2,(H,19,21). The minimum Gasteiger partial charge on any atom is -0.379 e. The third-order valence-corrected chi connectivity index (χ3v) is 5.16. The van der Waals surface area contributed by atoms with Crippen LogP contribution in [0.1, 0.15) is 12.0 Å². The van der Waals surface area contributed by atoms with Crippen LogP contribution in [0.5, 0.6) is 0 Å². The van der Waals surface area contributed by atoms with Crippen LogP contribution in [0.3, 0.4) is 0 Å². The minimum atomic E-state index is 0.620. The fraction of sp³-hybridized carbons (Fsp3) is 0.438. The van der Waals surface area contributed by atoms with E-state index in [9.17, 15) is 0 Å². The molecule has 1 saturated heterocycles. The average molecular weight is 387 g/mol. The number of benzene rings is 1. The average Bonchev–Trinajstić information content (AvgIpc) is 2.60.